The number of nitrogens with one attached hydrogen (secondary N) is 8. The highest BCUT2D eigenvalue weighted by Gasteiger charge is 2.44. The van der Waals surface area contributed by atoms with Gasteiger partial charge in [0.1, 0.15) is 24.2 Å². The summed E-state index contributed by atoms with van der Waals surface area (Å²) in [6.07, 6.45) is 1.58. The van der Waals surface area contributed by atoms with E-state index in [-0.39, 0.29) is 105 Å². The van der Waals surface area contributed by atoms with Gasteiger partial charge >= 0.3 is 6.03 Å². The molecule has 0 aromatic heterocycles. The van der Waals surface area contributed by atoms with Crippen molar-refractivity contribution in [3.63, 3.8) is 0 Å². The number of methoxy groups -OCH3 is 2. The van der Waals surface area contributed by atoms with Gasteiger partial charge in [0.15, 0.2) is 0 Å². The second-order valence-corrected chi connectivity index (χ2v) is 27.0. The number of ether oxygens (including phenoxy) is 2. The number of amides is 12. The van der Waals surface area contributed by atoms with Crippen molar-refractivity contribution >= 4 is 70.8 Å². The molecule has 0 bridgehead atoms. The molecule has 0 aliphatic carbocycles. The monoisotopic (exact) mass is 1340 g/mol. The van der Waals surface area contributed by atoms with E-state index in [0.717, 1.165) is 5.56 Å². The van der Waals surface area contributed by atoms with Crippen LogP contribution in [0.1, 0.15) is 145 Å². The molecule has 12 amide bonds. The minimum atomic E-state index is -1.13. The zero-order valence-corrected chi connectivity index (χ0v) is 59.6. The second kappa shape index (κ2) is 40.1. The fraction of sp³-hybridized carbons (Fsp3) is 0.671. The summed E-state index contributed by atoms with van der Waals surface area (Å²) in [6, 6.07) is 9.59. The molecule has 2 fully saturated rings. The van der Waals surface area contributed by atoms with Gasteiger partial charge in [-0.05, 0) is 106 Å². The van der Waals surface area contributed by atoms with Crippen LogP contribution in [0.3, 0.4) is 0 Å². The molecule has 2 aromatic rings. The summed E-state index contributed by atoms with van der Waals surface area (Å²) in [4.78, 5) is 156. The van der Waals surface area contributed by atoms with Gasteiger partial charge in [0.05, 0.1) is 42.7 Å². The summed E-state index contributed by atoms with van der Waals surface area (Å²) in [5.74, 6) is -5.46. The van der Waals surface area contributed by atoms with Gasteiger partial charge in [0.2, 0.25) is 59.1 Å². The lowest BCUT2D eigenvalue weighted by atomic mass is 9.89. The van der Waals surface area contributed by atoms with E-state index < -0.39 is 102 Å². The van der Waals surface area contributed by atoms with E-state index in [9.17, 15) is 52.7 Å². The van der Waals surface area contributed by atoms with Gasteiger partial charge in [0.25, 0.3) is 0 Å². The molecule has 11 atom stereocenters. The van der Waals surface area contributed by atoms with Crippen molar-refractivity contribution in [3.8, 4) is 0 Å². The van der Waals surface area contributed by atoms with Gasteiger partial charge < -0.3 is 72.4 Å². The van der Waals surface area contributed by atoms with Crippen LogP contribution >= 0.6 is 0 Å². The first-order chi connectivity index (χ1) is 45.5. The first-order valence-corrected chi connectivity index (χ1v) is 34.3. The quantitative estimate of drug-likeness (QED) is 0.0432. The lowest BCUT2D eigenvalue weighted by molar-refractivity contribution is -0.148. The van der Waals surface area contributed by atoms with Crippen molar-refractivity contribution in [1.29, 1.82) is 0 Å². The molecule has 2 aliphatic heterocycles. The van der Waals surface area contributed by atoms with Crippen molar-refractivity contribution in [2.45, 2.75) is 201 Å². The Hall–Kier alpha value is -7.71. The van der Waals surface area contributed by atoms with Crippen LogP contribution in [-0.4, -0.2) is 207 Å². The van der Waals surface area contributed by atoms with Gasteiger partial charge in [0, 0.05) is 91.4 Å². The summed E-state index contributed by atoms with van der Waals surface area (Å²) in [5.41, 5.74) is 7.08. The summed E-state index contributed by atoms with van der Waals surface area (Å²) in [6.45, 7) is 20.6. The number of benzene rings is 2. The number of piperidine rings is 1. The predicted octanol–water partition coefficient (Wildman–Crippen LogP) is 3.85. The molecule has 2 aliphatic rings. The average Bonchev–Trinajstić information content (AvgIpc) is 1.84. The molecular formula is C70H113N13O13. The maximum Gasteiger partial charge on any atom is 0.312 e. The van der Waals surface area contributed by atoms with Crippen molar-refractivity contribution in [2.75, 3.05) is 73.4 Å². The van der Waals surface area contributed by atoms with Crippen LogP contribution in [0.5, 0.6) is 0 Å². The third-order valence-corrected chi connectivity index (χ3v) is 18.6. The average molecular weight is 1340 g/mol. The molecule has 0 spiro atoms. The van der Waals surface area contributed by atoms with Crippen LogP contribution in [-0.2, 0) is 70.4 Å². The number of nitrogens with zero attached hydrogens (tertiary/aromatic N) is 4. The number of anilines is 1. The maximum atomic E-state index is 14.6. The number of carbonyl (C=O) groups is 11. The van der Waals surface area contributed by atoms with Gasteiger partial charge in [-0.15, -0.1) is 0 Å². The molecule has 0 unspecified atom stereocenters. The number of likely N-dealkylation sites (tertiary alicyclic amines) is 2. The van der Waals surface area contributed by atoms with Gasteiger partial charge in [-0.25, -0.2) is 4.79 Å². The van der Waals surface area contributed by atoms with E-state index >= 15 is 0 Å². The number of carbonyl (C=O) groups excluding carboxylic acids is 11. The number of rotatable bonds is 38. The number of hydrogen-bond donors (Lipinski definition) is 9. The molecule has 2 aromatic carbocycles. The van der Waals surface area contributed by atoms with E-state index in [2.05, 4.69) is 42.5 Å². The Labute approximate surface area is 568 Å². The minimum Gasteiger partial charge on any atom is -0.379 e. The highest BCUT2D eigenvalue weighted by atomic mass is 16.5. The topological polar surface area (TPSA) is 341 Å². The van der Waals surface area contributed by atoms with Crippen LogP contribution < -0.4 is 48.3 Å². The van der Waals surface area contributed by atoms with Gasteiger partial charge in [-0.2, -0.15) is 0 Å². The van der Waals surface area contributed by atoms with E-state index in [0.29, 0.717) is 69.5 Å². The van der Waals surface area contributed by atoms with Crippen LogP contribution in [0, 0.1) is 35.5 Å². The summed E-state index contributed by atoms with van der Waals surface area (Å²) >= 11 is 0. The Morgan fingerprint density at radius 2 is 1.27 bits per heavy atom. The third kappa shape index (κ3) is 24.4. The zero-order chi connectivity index (χ0) is 71.5. The molecule has 2 heterocycles. The summed E-state index contributed by atoms with van der Waals surface area (Å²) in [5, 5.41) is 22.6. The van der Waals surface area contributed by atoms with Crippen LogP contribution in [0.25, 0.3) is 0 Å². The normalized spacial score (nSPS) is 17.4. The largest absolute Gasteiger partial charge is 0.379 e. The Morgan fingerprint density at radius 3 is 1.83 bits per heavy atom. The lowest BCUT2D eigenvalue weighted by Gasteiger charge is -2.41. The molecule has 2 saturated heterocycles. The van der Waals surface area contributed by atoms with Crippen LogP contribution in [0.2, 0.25) is 0 Å². The second-order valence-electron chi connectivity index (χ2n) is 27.0. The number of urea groups is 1. The molecule has 26 nitrogen and oxygen atoms in total. The molecular weight excluding hydrogens is 1230 g/mol. The van der Waals surface area contributed by atoms with E-state index in [1.54, 1.807) is 66.8 Å². The third-order valence-electron chi connectivity index (χ3n) is 18.6. The van der Waals surface area contributed by atoms with Crippen LogP contribution in [0.4, 0.5) is 10.5 Å². The number of likely N-dealkylation sites (N-methyl/N-ethyl adjacent to an activating group) is 2. The Morgan fingerprint density at radius 1 is 0.635 bits per heavy atom. The predicted molar refractivity (Wildman–Crippen MR) is 367 cm³/mol. The highest BCUT2D eigenvalue weighted by Crippen LogP contribution is 2.30. The van der Waals surface area contributed by atoms with Crippen molar-refractivity contribution in [1.82, 2.24) is 56.8 Å². The van der Waals surface area contributed by atoms with E-state index in [4.69, 9.17) is 15.2 Å². The molecule has 96 heavy (non-hydrogen) atoms. The SMILES string of the molecule is CCNC(=O)C1CCN(C(=O)CCC(=O)N[C@H](C(=O)N[C@@H](CCCNC(N)=O)C(=O)Nc2ccc(CNC(=O)[C@H](Cc3ccccc3)NC(=O)[C@H](C)[C@@H](OC)[C@@H]3CCCN3C(=O)C[C@@H](OC)[C@H]([C@@H](C)CC)N(C)C(=O)[C@@H](NC(=O)[C@H](C(C)C)N(C)C)C(C)C)cc2)C(C)C)CC1. The first-order valence-electron chi connectivity index (χ1n) is 34.3. The van der Waals surface area contributed by atoms with Crippen LogP contribution in [0.15, 0.2) is 54.6 Å². The molecule has 10 N–H and O–H groups in total. The first kappa shape index (κ1) is 80.7. The number of hydrogen-bond acceptors (Lipinski definition) is 14. The van der Waals surface area contributed by atoms with Crippen molar-refractivity contribution in [2.24, 2.45) is 41.2 Å². The highest BCUT2D eigenvalue weighted by molar-refractivity contribution is 5.99. The zero-order valence-electron chi connectivity index (χ0n) is 59.6. The summed E-state index contributed by atoms with van der Waals surface area (Å²) < 4.78 is 12.2. The van der Waals surface area contributed by atoms with Gasteiger partial charge in [-0.1, -0.05) is 111 Å². The molecule has 0 saturated carbocycles. The Kier molecular flexibility index (Phi) is 33.7. The molecule has 26 heteroatoms. The fourth-order valence-corrected chi connectivity index (χ4v) is 12.9. The molecule has 4 rings (SSSR count). The van der Waals surface area contributed by atoms with E-state index in [1.807, 2.05) is 97.8 Å². The molecule has 536 valence electrons. The maximum absolute atomic E-state index is 14.6. The lowest BCUT2D eigenvalue weighted by Crippen LogP contribution is -2.59. The summed E-state index contributed by atoms with van der Waals surface area (Å²) in [7, 11) is 8.40. The van der Waals surface area contributed by atoms with Crippen molar-refractivity contribution < 1.29 is 62.2 Å². The smallest absolute Gasteiger partial charge is 0.312 e. The number of primary amides is 1. The van der Waals surface area contributed by atoms with E-state index in [1.165, 1.54) is 14.2 Å². The molecule has 0 radical (unpaired) electrons. The van der Waals surface area contributed by atoms with Crippen molar-refractivity contribution in [3.05, 3.63) is 65.7 Å². The van der Waals surface area contributed by atoms with Gasteiger partial charge in [-0.3, -0.25) is 52.8 Å². The number of nitrogens with two attached hydrogens (primary N) is 1. The Balaban J connectivity index is 1.43. The minimum absolute atomic E-state index is 0.00630. The standard InChI is InChI=1S/C70H113N13O13/c1-16-45(9)61(81(13)69(93)59(43(5)6)79-68(92)60(44(7)8)80(11)12)54(95-14)40-57(86)83-36-22-26-53(83)62(96-15)46(10)63(87)77-52(39-47-23-19-18-20-24-47)65(89)74-41-48-27-29-50(30-28-48)75-66(90)51(25-21-35-73-70(71)94)76-67(91)58(42(3)4)78-55(84)31-32-56(85)82-37-33-49(34-38-82)64(88)72-17-2/h18-20,23-24,27-30,42-46,49,51-54,58-62H,16-17,21-22,25-26,31-41H2,1-15H3,(H,72,88)(H,74,89)(H,75,90)(H,76,91)(H,77,87)(H,78,84)(H,79,92)(H3,71,73,94)/t45-,46+,51-,52-,53-,54+,58-,59-,60-,61-,62+/m0/s1. The fourth-order valence-electron chi connectivity index (χ4n) is 12.9. The Bertz CT molecular complexity index is 2860.